The van der Waals surface area contributed by atoms with Crippen LogP contribution in [-0.4, -0.2) is 48.1 Å². The Balaban J connectivity index is 1.50. The summed E-state index contributed by atoms with van der Waals surface area (Å²) in [7, 11) is 0. The van der Waals surface area contributed by atoms with Gasteiger partial charge in [0.05, 0.1) is 0 Å². The Labute approximate surface area is 144 Å². The number of piperidine rings is 1. The van der Waals surface area contributed by atoms with Gasteiger partial charge in [-0.25, -0.2) is 9.18 Å². The van der Waals surface area contributed by atoms with E-state index in [-0.39, 0.29) is 11.8 Å². The predicted octanol–water partition coefficient (Wildman–Crippen LogP) is 3.38. The summed E-state index contributed by atoms with van der Waals surface area (Å²) < 4.78 is 13.2. The molecule has 0 saturated carbocycles. The summed E-state index contributed by atoms with van der Waals surface area (Å²) >= 11 is 0. The van der Waals surface area contributed by atoms with Crippen LogP contribution in [0.3, 0.4) is 0 Å². The number of halogens is 1. The molecule has 0 aromatic heterocycles. The molecule has 5 heteroatoms. The van der Waals surface area contributed by atoms with Crippen molar-refractivity contribution in [2.24, 2.45) is 0 Å². The van der Waals surface area contributed by atoms with Crippen LogP contribution in [0.15, 0.2) is 24.3 Å². The van der Waals surface area contributed by atoms with Gasteiger partial charge in [-0.2, -0.15) is 0 Å². The first kappa shape index (κ1) is 17.2. The zero-order valence-corrected chi connectivity index (χ0v) is 14.3. The molecule has 2 saturated heterocycles. The van der Waals surface area contributed by atoms with Crippen LogP contribution in [0.1, 0.15) is 44.1 Å². The topological polar surface area (TPSA) is 35.6 Å². The Hall–Kier alpha value is -1.62. The van der Waals surface area contributed by atoms with Crippen molar-refractivity contribution < 1.29 is 9.18 Å². The molecule has 132 valence electrons. The van der Waals surface area contributed by atoms with Crippen molar-refractivity contribution in [2.75, 3.05) is 26.2 Å². The molecule has 2 fully saturated rings. The predicted molar refractivity (Wildman–Crippen MR) is 93.3 cm³/mol. The van der Waals surface area contributed by atoms with Gasteiger partial charge in [0, 0.05) is 25.7 Å². The molecule has 4 nitrogen and oxygen atoms in total. The Morgan fingerprint density at radius 1 is 1.17 bits per heavy atom. The molecule has 1 N–H and O–H groups in total. The molecule has 1 aromatic rings. The molecule has 2 heterocycles. The summed E-state index contributed by atoms with van der Waals surface area (Å²) in [5, 5.41) is 2.96. The van der Waals surface area contributed by atoms with Crippen molar-refractivity contribution in [1.82, 2.24) is 15.1 Å². The van der Waals surface area contributed by atoms with Gasteiger partial charge in [0.1, 0.15) is 5.82 Å². The van der Waals surface area contributed by atoms with E-state index in [9.17, 15) is 9.18 Å². The Bertz CT molecular complexity index is 545. The van der Waals surface area contributed by atoms with E-state index in [2.05, 4.69) is 10.2 Å². The first-order valence-corrected chi connectivity index (χ1v) is 9.23. The van der Waals surface area contributed by atoms with Crippen molar-refractivity contribution >= 4 is 6.03 Å². The standard InChI is InChI=1S/C19H28FN3O/c20-17-7-5-6-16(14-17)15-21-19(24)23-12-2-1-8-18(23)9-13-22-10-3-4-11-22/h5-7,14,18H,1-4,8-13,15H2,(H,21,24). The first-order chi connectivity index (χ1) is 11.7. The van der Waals surface area contributed by atoms with E-state index in [0.29, 0.717) is 12.6 Å². The molecular weight excluding hydrogens is 305 g/mol. The van der Waals surface area contributed by atoms with Crippen molar-refractivity contribution in [3.05, 3.63) is 35.6 Å². The summed E-state index contributed by atoms with van der Waals surface area (Å²) in [6, 6.07) is 6.74. The quantitative estimate of drug-likeness (QED) is 0.897. The van der Waals surface area contributed by atoms with Gasteiger partial charge in [-0.05, 0) is 69.3 Å². The summed E-state index contributed by atoms with van der Waals surface area (Å²) in [4.78, 5) is 17.1. The minimum absolute atomic E-state index is 0.00890. The largest absolute Gasteiger partial charge is 0.334 e. The van der Waals surface area contributed by atoms with E-state index in [1.165, 1.54) is 44.5 Å². The number of hydrogen-bond donors (Lipinski definition) is 1. The number of benzene rings is 1. The second-order valence-electron chi connectivity index (χ2n) is 6.97. The van der Waals surface area contributed by atoms with Crippen LogP contribution < -0.4 is 5.32 Å². The Morgan fingerprint density at radius 2 is 1.96 bits per heavy atom. The van der Waals surface area contributed by atoms with E-state index >= 15 is 0 Å². The number of hydrogen-bond acceptors (Lipinski definition) is 2. The van der Waals surface area contributed by atoms with Gasteiger partial charge >= 0.3 is 6.03 Å². The van der Waals surface area contributed by atoms with E-state index in [1.807, 2.05) is 11.0 Å². The van der Waals surface area contributed by atoms with Crippen LogP contribution in [-0.2, 0) is 6.54 Å². The molecule has 0 spiro atoms. The van der Waals surface area contributed by atoms with Gasteiger partial charge in [0.25, 0.3) is 0 Å². The maximum atomic E-state index is 13.2. The molecule has 0 bridgehead atoms. The van der Waals surface area contributed by atoms with E-state index < -0.39 is 0 Å². The first-order valence-electron chi connectivity index (χ1n) is 9.23. The smallest absolute Gasteiger partial charge is 0.317 e. The highest BCUT2D eigenvalue weighted by Gasteiger charge is 2.27. The highest BCUT2D eigenvalue weighted by molar-refractivity contribution is 5.74. The zero-order chi connectivity index (χ0) is 16.8. The summed E-state index contributed by atoms with van der Waals surface area (Å²) in [6.07, 6.45) is 7.06. The number of urea groups is 1. The summed E-state index contributed by atoms with van der Waals surface area (Å²) in [6.45, 7) is 4.72. The monoisotopic (exact) mass is 333 g/mol. The minimum atomic E-state index is -0.261. The van der Waals surface area contributed by atoms with E-state index in [4.69, 9.17) is 0 Å². The number of rotatable bonds is 5. The second kappa shape index (κ2) is 8.47. The number of carbonyl (C=O) groups excluding carboxylic acids is 1. The Morgan fingerprint density at radius 3 is 2.75 bits per heavy atom. The van der Waals surface area contributed by atoms with Crippen LogP contribution in [0.5, 0.6) is 0 Å². The molecular formula is C19H28FN3O. The van der Waals surface area contributed by atoms with Gasteiger partial charge in [-0.15, -0.1) is 0 Å². The molecule has 0 aliphatic carbocycles. The van der Waals surface area contributed by atoms with Gasteiger partial charge in [0.2, 0.25) is 0 Å². The van der Waals surface area contributed by atoms with Crippen LogP contribution in [0, 0.1) is 5.82 Å². The SMILES string of the molecule is O=C(NCc1cccc(F)c1)N1CCCCC1CCN1CCCC1. The maximum Gasteiger partial charge on any atom is 0.317 e. The third-order valence-electron chi connectivity index (χ3n) is 5.20. The summed E-state index contributed by atoms with van der Waals surface area (Å²) in [5.41, 5.74) is 0.800. The van der Waals surface area contributed by atoms with Gasteiger partial charge < -0.3 is 15.1 Å². The van der Waals surface area contributed by atoms with Crippen molar-refractivity contribution in [3.63, 3.8) is 0 Å². The molecule has 24 heavy (non-hydrogen) atoms. The van der Waals surface area contributed by atoms with Gasteiger partial charge in [-0.1, -0.05) is 12.1 Å². The maximum absolute atomic E-state index is 13.2. The van der Waals surface area contributed by atoms with Crippen LogP contribution in [0.25, 0.3) is 0 Å². The van der Waals surface area contributed by atoms with Gasteiger partial charge in [0.15, 0.2) is 0 Å². The third-order valence-corrected chi connectivity index (χ3v) is 5.20. The van der Waals surface area contributed by atoms with E-state index in [0.717, 1.165) is 37.9 Å². The van der Waals surface area contributed by atoms with E-state index in [1.54, 1.807) is 6.07 Å². The van der Waals surface area contributed by atoms with Gasteiger partial charge in [-0.3, -0.25) is 0 Å². The number of likely N-dealkylation sites (tertiary alicyclic amines) is 2. The molecule has 2 amide bonds. The van der Waals surface area contributed by atoms with Crippen molar-refractivity contribution in [2.45, 2.75) is 51.1 Å². The lowest BCUT2D eigenvalue weighted by molar-refractivity contribution is 0.138. The average Bonchev–Trinajstić information content (AvgIpc) is 3.12. The third kappa shape index (κ3) is 4.69. The number of nitrogens with one attached hydrogen (secondary N) is 1. The number of nitrogens with zero attached hydrogens (tertiary/aromatic N) is 2. The van der Waals surface area contributed by atoms with Crippen molar-refractivity contribution in [3.8, 4) is 0 Å². The molecule has 0 radical (unpaired) electrons. The molecule has 1 aromatic carbocycles. The fourth-order valence-electron chi connectivity index (χ4n) is 3.83. The molecule has 3 rings (SSSR count). The minimum Gasteiger partial charge on any atom is -0.334 e. The number of carbonyl (C=O) groups is 1. The highest BCUT2D eigenvalue weighted by atomic mass is 19.1. The molecule has 2 aliphatic rings. The Kier molecular flexibility index (Phi) is 6.07. The normalized spacial score (nSPS) is 21.9. The fourth-order valence-corrected chi connectivity index (χ4v) is 3.83. The summed E-state index contributed by atoms with van der Waals surface area (Å²) in [5.74, 6) is -0.261. The molecule has 1 unspecified atom stereocenters. The fraction of sp³-hybridized carbons (Fsp3) is 0.632. The molecule has 1 atom stereocenters. The van der Waals surface area contributed by atoms with Crippen molar-refractivity contribution in [1.29, 1.82) is 0 Å². The van der Waals surface area contributed by atoms with Crippen LogP contribution >= 0.6 is 0 Å². The lowest BCUT2D eigenvalue weighted by Crippen LogP contribution is -2.49. The molecule has 2 aliphatic heterocycles. The zero-order valence-electron chi connectivity index (χ0n) is 14.3. The highest BCUT2D eigenvalue weighted by Crippen LogP contribution is 2.21. The van der Waals surface area contributed by atoms with Crippen LogP contribution in [0.4, 0.5) is 9.18 Å². The van der Waals surface area contributed by atoms with Crippen LogP contribution in [0.2, 0.25) is 0 Å². The lowest BCUT2D eigenvalue weighted by Gasteiger charge is -2.36. The number of amides is 2. The second-order valence-corrected chi connectivity index (χ2v) is 6.97. The average molecular weight is 333 g/mol. The lowest BCUT2D eigenvalue weighted by atomic mass is 9.99.